The lowest BCUT2D eigenvalue weighted by atomic mass is 9.89. The molecule has 0 saturated carbocycles. The number of hydrogen-bond donors (Lipinski definition) is 4. The van der Waals surface area contributed by atoms with Gasteiger partial charge in [-0.15, -0.1) is 0 Å². The Bertz CT molecular complexity index is 441. The van der Waals surface area contributed by atoms with Crippen molar-refractivity contribution in [1.29, 1.82) is 0 Å². The van der Waals surface area contributed by atoms with E-state index in [0.29, 0.717) is 34.9 Å². The minimum atomic E-state index is 0.320. The third-order valence-corrected chi connectivity index (χ3v) is 7.29. The monoisotopic (exact) mass is 454 g/mol. The molecule has 32 heavy (non-hydrogen) atoms. The van der Waals surface area contributed by atoms with Gasteiger partial charge < -0.3 is 21.3 Å². The predicted molar refractivity (Wildman–Crippen MR) is 146 cm³/mol. The Morgan fingerprint density at radius 1 is 0.750 bits per heavy atom. The van der Waals surface area contributed by atoms with Gasteiger partial charge in [-0.3, -0.25) is 0 Å². The van der Waals surface area contributed by atoms with Gasteiger partial charge in [0.05, 0.1) is 0 Å². The Labute approximate surface area is 203 Å². The first-order chi connectivity index (χ1) is 14.8. The summed E-state index contributed by atoms with van der Waals surface area (Å²) in [6.07, 6.45) is 6.10. The number of nitrogens with one attached hydrogen (secondary N) is 4. The zero-order valence-corrected chi connectivity index (χ0v) is 24.0. The van der Waals surface area contributed by atoms with E-state index >= 15 is 0 Å². The van der Waals surface area contributed by atoms with Gasteiger partial charge in [-0.25, -0.2) is 0 Å². The Morgan fingerprint density at radius 2 is 1.38 bits per heavy atom. The van der Waals surface area contributed by atoms with Crippen molar-refractivity contribution in [3.05, 3.63) is 0 Å². The van der Waals surface area contributed by atoms with E-state index in [1.165, 1.54) is 32.1 Å². The molecule has 0 bridgehead atoms. The number of hydrogen-bond acceptors (Lipinski definition) is 4. The second kappa shape index (κ2) is 16.5. The third-order valence-electron chi connectivity index (χ3n) is 7.29. The summed E-state index contributed by atoms with van der Waals surface area (Å²) >= 11 is 0. The van der Waals surface area contributed by atoms with Crippen molar-refractivity contribution in [3.63, 3.8) is 0 Å². The van der Waals surface area contributed by atoms with Crippen LogP contribution in [0, 0.1) is 22.7 Å². The van der Waals surface area contributed by atoms with Crippen LogP contribution < -0.4 is 21.3 Å². The largest absolute Gasteiger partial charge is 0.315 e. The van der Waals surface area contributed by atoms with Gasteiger partial charge in [0.1, 0.15) is 0 Å². The van der Waals surface area contributed by atoms with E-state index in [9.17, 15) is 0 Å². The van der Waals surface area contributed by atoms with Crippen molar-refractivity contribution in [2.24, 2.45) is 22.7 Å². The summed E-state index contributed by atoms with van der Waals surface area (Å²) in [5, 5.41) is 15.6. The molecule has 0 aliphatic carbocycles. The van der Waals surface area contributed by atoms with E-state index in [2.05, 4.69) is 97.4 Å². The summed E-state index contributed by atoms with van der Waals surface area (Å²) < 4.78 is 0. The zero-order chi connectivity index (χ0) is 24.8. The summed E-state index contributed by atoms with van der Waals surface area (Å²) in [5.74, 6) is 1.41. The molecule has 0 aliphatic heterocycles. The Morgan fingerprint density at radius 3 is 1.88 bits per heavy atom. The van der Waals surface area contributed by atoms with Gasteiger partial charge in [0.25, 0.3) is 0 Å². The Kier molecular flexibility index (Phi) is 16.4. The average molecular weight is 455 g/mol. The second-order valence-electron chi connectivity index (χ2n) is 12.6. The minimum Gasteiger partial charge on any atom is -0.315 e. The van der Waals surface area contributed by atoms with Gasteiger partial charge >= 0.3 is 0 Å². The standard InChI is InChI=1S/C28H62N4/c1-12-15-24(13-2)31-20-26(30-17-16-27(7,8)9)25(32-21-28(10,11)14-3)19-29-18-23(6)22(4)5/h22-26,29-32H,12-21H2,1-11H3. The maximum Gasteiger partial charge on any atom is 0.0359 e. The summed E-state index contributed by atoms with van der Waals surface area (Å²) in [5.41, 5.74) is 0.679. The first kappa shape index (κ1) is 31.8. The lowest BCUT2D eigenvalue weighted by Gasteiger charge is -2.35. The van der Waals surface area contributed by atoms with Crippen molar-refractivity contribution in [2.45, 2.75) is 126 Å². The molecule has 194 valence electrons. The van der Waals surface area contributed by atoms with Gasteiger partial charge in [-0.2, -0.15) is 0 Å². The molecule has 0 radical (unpaired) electrons. The fourth-order valence-corrected chi connectivity index (χ4v) is 3.67. The van der Waals surface area contributed by atoms with E-state index in [1.807, 2.05) is 0 Å². The summed E-state index contributed by atoms with van der Waals surface area (Å²) in [7, 11) is 0. The van der Waals surface area contributed by atoms with Crippen LogP contribution >= 0.6 is 0 Å². The highest BCUT2D eigenvalue weighted by Crippen LogP contribution is 2.19. The summed E-state index contributed by atoms with van der Waals surface area (Å²) in [6, 6.07) is 1.44. The highest BCUT2D eigenvalue weighted by atomic mass is 15.1. The fraction of sp³-hybridized carbons (Fsp3) is 1.00. The highest BCUT2D eigenvalue weighted by Gasteiger charge is 2.25. The molecule has 0 heterocycles. The predicted octanol–water partition coefficient (Wildman–Crippen LogP) is 5.83. The van der Waals surface area contributed by atoms with Gasteiger partial charge in [-0.1, -0.05) is 82.6 Å². The van der Waals surface area contributed by atoms with Crippen LogP contribution in [0.25, 0.3) is 0 Å². The van der Waals surface area contributed by atoms with Crippen molar-refractivity contribution < 1.29 is 0 Å². The molecule has 4 atom stereocenters. The van der Waals surface area contributed by atoms with Crippen LogP contribution in [0.1, 0.15) is 108 Å². The Hall–Kier alpha value is -0.160. The van der Waals surface area contributed by atoms with Gasteiger partial charge in [-0.05, 0) is 61.4 Å². The zero-order valence-electron chi connectivity index (χ0n) is 24.0. The highest BCUT2D eigenvalue weighted by molar-refractivity contribution is 4.89. The topological polar surface area (TPSA) is 48.1 Å². The molecule has 0 amide bonds. The van der Waals surface area contributed by atoms with Crippen LogP contribution in [-0.4, -0.2) is 50.8 Å². The van der Waals surface area contributed by atoms with E-state index in [-0.39, 0.29) is 0 Å². The van der Waals surface area contributed by atoms with Crippen molar-refractivity contribution in [1.82, 2.24) is 21.3 Å². The first-order valence-corrected chi connectivity index (χ1v) is 13.8. The molecule has 4 heteroatoms. The smallest absolute Gasteiger partial charge is 0.0359 e. The average Bonchev–Trinajstić information content (AvgIpc) is 2.71. The van der Waals surface area contributed by atoms with E-state index in [1.54, 1.807) is 0 Å². The van der Waals surface area contributed by atoms with Crippen molar-refractivity contribution in [2.75, 3.05) is 32.7 Å². The third kappa shape index (κ3) is 15.6. The maximum atomic E-state index is 3.97. The van der Waals surface area contributed by atoms with E-state index in [0.717, 1.165) is 38.6 Å². The van der Waals surface area contributed by atoms with Crippen molar-refractivity contribution in [3.8, 4) is 0 Å². The van der Waals surface area contributed by atoms with Crippen LogP contribution in [0.15, 0.2) is 0 Å². The normalized spacial score (nSPS) is 16.9. The molecule has 0 aromatic rings. The SMILES string of the molecule is CCCC(CC)NCC(NCCC(C)(C)C)C(CNCC(C)C(C)C)NCC(C)(C)CC. The van der Waals surface area contributed by atoms with E-state index < -0.39 is 0 Å². The molecule has 4 unspecified atom stereocenters. The minimum absolute atomic E-state index is 0.320. The second-order valence-corrected chi connectivity index (χ2v) is 12.6. The van der Waals surface area contributed by atoms with E-state index in [4.69, 9.17) is 0 Å². The molecule has 0 saturated heterocycles. The van der Waals surface area contributed by atoms with Crippen LogP contribution in [0.5, 0.6) is 0 Å². The summed E-state index contributed by atoms with van der Waals surface area (Å²) in [6.45, 7) is 30.9. The molecule has 0 spiro atoms. The van der Waals surface area contributed by atoms with Crippen molar-refractivity contribution >= 4 is 0 Å². The fourth-order valence-electron chi connectivity index (χ4n) is 3.67. The molecule has 0 aromatic carbocycles. The van der Waals surface area contributed by atoms with Crippen LogP contribution in [0.2, 0.25) is 0 Å². The molecule has 0 fully saturated rings. The quantitative estimate of drug-likeness (QED) is 0.198. The van der Waals surface area contributed by atoms with Crippen LogP contribution in [0.4, 0.5) is 0 Å². The maximum absolute atomic E-state index is 3.97. The molecule has 4 nitrogen and oxygen atoms in total. The van der Waals surface area contributed by atoms with Crippen LogP contribution in [0.3, 0.4) is 0 Å². The molecule has 4 N–H and O–H groups in total. The molecular formula is C28H62N4. The Balaban J connectivity index is 5.31. The molecule has 0 aliphatic rings. The summed E-state index contributed by atoms with van der Waals surface area (Å²) in [4.78, 5) is 0. The molecular weight excluding hydrogens is 392 g/mol. The van der Waals surface area contributed by atoms with Gasteiger partial charge in [0.15, 0.2) is 0 Å². The molecule has 0 rings (SSSR count). The molecule has 0 aromatic heterocycles. The van der Waals surface area contributed by atoms with Crippen LogP contribution in [-0.2, 0) is 0 Å². The first-order valence-electron chi connectivity index (χ1n) is 13.8. The number of rotatable bonds is 19. The van der Waals surface area contributed by atoms with Gasteiger partial charge in [0, 0.05) is 37.8 Å². The lowest BCUT2D eigenvalue weighted by molar-refractivity contribution is 0.256. The lowest BCUT2D eigenvalue weighted by Crippen LogP contribution is -2.59. The van der Waals surface area contributed by atoms with Gasteiger partial charge in [0.2, 0.25) is 0 Å².